The Morgan fingerprint density at radius 2 is 2.00 bits per heavy atom. The van der Waals surface area contributed by atoms with Crippen LogP contribution in [0.15, 0.2) is 59.0 Å². The molecule has 2 N–H and O–H groups in total. The zero-order chi connectivity index (χ0) is 20.1. The van der Waals surface area contributed by atoms with Gasteiger partial charge in [0.2, 0.25) is 0 Å². The Labute approximate surface area is 160 Å². The SMILES string of the molecule is Cc1cc(NC(=O)COc2ccccc2[N+](=O)[O-])ccc1-c1ccc(CO)o1. The molecule has 0 atom stereocenters. The summed E-state index contributed by atoms with van der Waals surface area (Å²) < 4.78 is 10.8. The largest absolute Gasteiger partial charge is 0.477 e. The van der Waals surface area contributed by atoms with Crippen molar-refractivity contribution in [3.8, 4) is 17.1 Å². The number of anilines is 1. The monoisotopic (exact) mass is 382 g/mol. The molecule has 3 rings (SSSR count). The standard InChI is InChI=1S/C20H18N2O6/c1-13-10-14(6-8-16(13)18-9-7-15(11-23)28-18)21-20(24)12-27-19-5-3-2-4-17(19)22(25)26/h2-10,23H,11-12H2,1H3,(H,21,24). The molecule has 1 heterocycles. The topological polar surface area (TPSA) is 115 Å². The molecule has 0 saturated heterocycles. The molecule has 8 heteroatoms. The van der Waals surface area contributed by atoms with Crippen molar-refractivity contribution in [2.75, 3.05) is 11.9 Å². The predicted molar refractivity (Wildman–Crippen MR) is 102 cm³/mol. The van der Waals surface area contributed by atoms with Gasteiger partial charge in [0.15, 0.2) is 12.4 Å². The lowest BCUT2D eigenvalue weighted by Crippen LogP contribution is -2.20. The third-order valence-electron chi connectivity index (χ3n) is 4.01. The minimum Gasteiger partial charge on any atom is -0.477 e. The van der Waals surface area contributed by atoms with E-state index in [2.05, 4.69) is 5.32 Å². The number of hydrogen-bond acceptors (Lipinski definition) is 6. The third kappa shape index (κ3) is 4.36. The normalized spacial score (nSPS) is 10.5. The maximum Gasteiger partial charge on any atom is 0.310 e. The third-order valence-corrected chi connectivity index (χ3v) is 4.01. The molecule has 1 aromatic heterocycles. The van der Waals surface area contributed by atoms with E-state index in [9.17, 15) is 14.9 Å². The highest BCUT2D eigenvalue weighted by atomic mass is 16.6. The number of rotatable bonds is 7. The van der Waals surface area contributed by atoms with Crippen LogP contribution in [0.2, 0.25) is 0 Å². The Morgan fingerprint density at radius 3 is 2.68 bits per heavy atom. The zero-order valence-electron chi connectivity index (χ0n) is 15.0. The second-order valence-corrected chi connectivity index (χ2v) is 6.02. The molecule has 28 heavy (non-hydrogen) atoms. The predicted octanol–water partition coefficient (Wildman–Crippen LogP) is 3.67. The summed E-state index contributed by atoms with van der Waals surface area (Å²) in [5, 5.41) is 22.8. The molecule has 144 valence electrons. The summed E-state index contributed by atoms with van der Waals surface area (Å²) in [5.41, 5.74) is 2.08. The number of aliphatic hydroxyl groups is 1. The summed E-state index contributed by atoms with van der Waals surface area (Å²) in [4.78, 5) is 22.5. The first-order valence-electron chi connectivity index (χ1n) is 8.44. The van der Waals surface area contributed by atoms with E-state index < -0.39 is 10.8 Å². The van der Waals surface area contributed by atoms with E-state index in [1.807, 2.05) is 6.92 Å². The first-order chi connectivity index (χ1) is 13.5. The average Bonchev–Trinajstić information content (AvgIpc) is 3.15. The van der Waals surface area contributed by atoms with Gasteiger partial charge >= 0.3 is 5.69 Å². The van der Waals surface area contributed by atoms with Crippen molar-refractivity contribution >= 4 is 17.3 Å². The Balaban J connectivity index is 1.65. The molecule has 0 radical (unpaired) electrons. The summed E-state index contributed by atoms with van der Waals surface area (Å²) in [5.74, 6) is 0.690. The first kappa shape index (κ1) is 19.1. The first-order valence-corrected chi connectivity index (χ1v) is 8.44. The molecule has 3 aromatic rings. The zero-order valence-corrected chi connectivity index (χ0v) is 15.0. The molecule has 0 aliphatic carbocycles. The molecular weight excluding hydrogens is 364 g/mol. The summed E-state index contributed by atoms with van der Waals surface area (Å²) >= 11 is 0. The highest BCUT2D eigenvalue weighted by Crippen LogP contribution is 2.28. The van der Waals surface area contributed by atoms with Crippen molar-refractivity contribution in [2.24, 2.45) is 0 Å². The Morgan fingerprint density at radius 1 is 1.21 bits per heavy atom. The lowest BCUT2D eigenvalue weighted by Gasteiger charge is -2.10. The van der Waals surface area contributed by atoms with Crippen LogP contribution < -0.4 is 10.1 Å². The quantitative estimate of drug-likeness (QED) is 0.476. The number of carbonyl (C=O) groups is 1. The Hall–Kier alpha value is -3.65. The van der Waals surface area contributed by atoms with Gasteiger partial charge in [-0.1, -0.05) is 12.1 Å². The number of carbonyl (C=O) groups excluding carboxylic acids is 1. The highest BCUT2D eigenvalue weighted by molar-refractivity contribution is 5.92. The van der Waals surface area contributed by atoms with Crippen molar-refractivity contribution in [2.45, 2.75) is 13.5 Å². The molecule has 0 aliphatic rings. The van der Waals surface area contributed by atoms with Crippen molar-refractivity contribution in [1.29, 1.82) is 0 Å². The number of para-hydroxylation sites is 2. The number of nitro benzene ring substituents is 1. The van der Waals surface area contributed by atoms with Crippen LogP contribution in [-0.4, -0.2) is 22.5 Å². The van der Waals surface area contributed by atoms with E-state index in [0.717, 1.165) is 11.1 Å². The second kappa shape index (κ2) is 8.36. The maximum absolute atomic E-state index is 12.1. The number of hydrogen-bond donors (Lipinski definition) is 2. The van der Waals surface area contributed by atoms with E-state index >= 15 is 0 Å². The fraction of sp³-hybridized carbons (Fsp3) is 0.150. The van der Waals surface area contributed by atoms with E-state index in [0.29, 0.717) is 17.2 Å². The van der Waals surface area contributed by atoms with Crippen molar-refractivity contribution in [1.82, 2.24) is 0 Å². The number of nitrogens with one attached hydrogen (secondary N) is 1. The number of nitro groups is 1. The number of aliphatic hydroxyl groups excluding tert-OH is 1. The van der Waals surface area contributed by atoms with Crippen LogP contribution in [0.3, 0.4) is 0 Å². The van der Waals surface area contributed by atoms with Gasteiger partial charge < -0.3 is 19.6 Å². The van der Waals surface area contributed by atoms with Gasteiger partial charge in [-0.25, -0.2) is 0 Å². The van der Waals surface area contributed by atoms with Crippen molar-refractivity contribution in [3.05, 3.63) is 76.0 Å². The fourth-order valence-electron chi connectivity index (χ4n) is 2.70. The number of nitrogens with zero attached hydrogens (tertiary/aromatic N) is 1. The van der Waals surface area contributed by atoms with E-state index in [4.69, 9.17) is 14.3 Å². The van der Waals surface area contributed by atoms with Gasteiger partial charge in [0.05, 0.1) is 4.92 Å². The van der Waals surface area contributed by atoms with E-state index in [1.165, 1.54) is 18.2 Å². The number of aryl methyl sites for hydroxylation is 1. The molecule has 0 saturated carbocycles. The second-order valence-electron chi connectivity index (χ2n) is 6.02. The minimum atomic E-state index is -0.563. The van der Waals surface area contributed by atoms with E-state index in [-0.39, 0.29) is 24.7 Å². The molecule has 0 spiro atoms. The summed E-state index contributed by atoms with van der Waals surface area (Å²) in [6, 6.07) is 14.6. The molecule has 0 aliphatic heterocycles. The number of amides is 1. The van der Waals surface area contributed by atoms with Crippen molar-refractivity contribution in [3.63, 3.8) is 0 Å². The van der Waals surface area contributed by atoms with Crippen LogP contribution in [0, 0.1) is 17.0 Å². The van der Waals surface area contributed by atoms with Crippen molar-refractivity contribution < 1.29 is 24.0 Å². The van der Waals surface area contributed by atoms with Gasteiger partial charge in [-0.15, -0.1) is 0 Å². The summed E-state index contributed by atoms with van der Waals surface area (Å²) in [6.45, 7) is 1.34. The highest BCUT2D eigenvalue weighted by Gasteiger charge is 2.15. The van der Waals surface area contributed by atoms with Crippen LogP contribution in [0.5, 0.6) is 5.75 Å². The number of ether oxygens (including phenoxy) is 1. The van der Waals surface area contributed by atoms with Crippen LogP contribution in [-0.2, 0) is 11.4 Å². The van der Waals surface area contributed by atoms with Crippen LogP contribution in [0.1, 0.15) is 11.3 Å². The summed E-state index contributed by atoms with van der Waals surface area (Å²) in [7, 11) is 0. The van der Waals surface area contributed by atoms with Gasteiger partial charge in [-0.05, 0) is 48.9 Å². The molecular formula is C20H18N2O6. The lowest BCUT2D eigenvalue weighted by molar-refractivity contribution is -0.385. The minimum absolute atomic E-state index is 0.0340. The lowest BCUT2D eigenvalue weighted by atomic mass is 10.1. The smallest absolute Gasteiger partial charge is 0.310 e. The summed E-state index contributed by atoms with van der Waals surface area (Å²) in [6.07, 6.45) is 0. The van der Waals surface area contributed by atoms with Gasteiger partial charge in [0.1, 0.15) is 18.1 Å². The maximum atomic E-state index is 12.1. The molecule has 0 unspecified atom stereocenters. The molecule has 8 nitrogen and oxygen atoms in total. The van der Waals surface area contributed by atoms with Gasteiger partial charge in [-0.2, -0.15) is 0 Å². The van der Waals surface area contributed by atoms with Crippen LogP contribution in [0.25, 0.3) is 11.3 Å². The molecule has 0 bridgehead atoms. The molecule has 2 aromatic carbocycles. The molecule has 0 fully saturated rings. The van der Waals surface area contributed by atoms with Crippen LogP contribution in [0.4, 0.5) is 11.4 Å². The number of benzene rings is 2. The van der Waals surface area contributed by atoms with E-state index in [1.54, 1.807) is 36.4 Å². The van der Waals surface area contributed by atoms with Gasteiger partial charge in [-0.3, -0.25) is 14.9 Å². The Bertz CT molecular complexity index is 1010. The van der Waals surface area contributed by atoms with Crippen LogP contribution >= 0.6 is 0 Å². The van der Waals surface area contributed by atoms with Gasteiger partial charge in [0, 0.05) is 17.3 Å². The Kier molecular flexibility index (Phi) is 5.71. The number of furan rings is 1. The molecule has 1 amide bonds. The van der Waals surface area contributed by atoms with Gasteiger partial charge in [0.25, 0.3) is 5.91 Å². The fourth-order valence-corrected chi connectivity index (χ4v) is 2.70. The average molecular weight is 382 g/mol.